The molecule has 3 rings (SSSR count). The normalized spacial score (nSPS) is 19.0. The van der Waals surface area contributed by atoms with Crippen LogP contribution in [0.4, 0.5) is 0 Å². The van der Waals surface area contributed by atoms with E-state index < -0.39 is 6.10 Å². The summed E-state index contributed by atoms with van der Waals surface area (Å²) in [5.41, 5.74) is 0. The van der Waals surface area contributed by atoms with Gasteiger partial charge in [0, 0.05) is 18.5 Å². The zero-order valence-electron chi connectivity index (χ0n) is 12.7. The molecular weight excluding hydrogens is 278 g/mol. The van der Waals surface area contributed by atoms with Gasteiger partial charge in [0.2, 0.25) is 0 Å². The van der Waals surface area contributed by atoms with Crippen molar-refractivity contribution in [2.24, 2.45) is 0 Å². The van der Waals surface area contributed by atoms with E-state index in [4.69, 9.17) is 9.47 Å². The van der Waals surface area contributed by atoms with Gasteiger partial charge in [0.05, 0.1) is 6.10 Å². The van der Waals surface area contributed by atoms with Crippen LogP contribution in [-0.4, -0.2) is 31.3 Å². The molecule has 1 aliphatic rings. The van der Waals surface area contributed by atoms with Gasteiger partial charge in [-0.25, -0.2) is 0 Å². The monoisotopic (exact) mass is 299 g/mol. The minimum Gasteiger partial charge on any atom is -0.480 e. The maximum Gasteiger partial charge on any atom is 0.260 e. The van der Waals surface area contributed by atoms with Crippen molar-refractivity contribution in [1.29, 1.82) is 0 Å². The predicted molar refractivity (Wildman–Crippen MR) is 86.0 cm³/mol. The molecular formula is C18H21NO3. The third kappa shape index (κ3) is 3.39. The molecule has 1 heterocycles. The molecule has 1 amide bonds. The van der Waals surface area contributed by atoms with Crippen LogP contribution >= 0.6 is 0 Å². The largest absolute Gasteiger partial charge is 0.480 e. The first-order chi connectivity index (χ1) is 10.7. The Kier molecular flexibility index (Phi) is 4.59. The summed E-state index contributed by atoms with van der Waals surface area (Å²) in [7, 11) is 0. The first-order valence-corrected chi connectivity index (χ1v) is 7.78. The Balaban J connectivity index is 1.62. The van der Waals surface area contributed by atoms with Gasteiger partial charge in [-0.05, 0) is 31.2 Å². The fraction of sp³-hybridized carbons (Fsp3) is 0.389. The molecule has 0 aromatic heterocycles. The third-order valence-corrected chi connectivity index (χ3v) is 3.95. The summed E-state index contributed by atoms with van der Waals surface area (Å²) in [4.78, 5) is 12.1. The number of carbonyl (C=O) groups is 1. The lowest BCUT2D eigenvalue weighted by atomic mass is 10.1. The smallest absolute Gasteiger partial charge is 0.260 e. The molecule has 1 fully saturated rings. The summed E-state index contributed by atoms with van der Waals surface area (Å²) in [6, 6.07) is 13.9. The van der Waals surface area contributed by atoms with E-state index in [1.54, 1.807) is 6.92 Å². The van der Waals surface area contributed by atoms with E-state index in [2.05, 4.69) is 5.32 Å². The van der Waals surface area contributed by atoms with E-state index in [9.17, 15) is 4.79 Å². The van der Waals surface area contributed by atoms with Gasteiger partial charge in [-0.2, -0.15) is 0 Å². The number of hydrogen-bond acceptors (Lipinski definition) is 3. The molecule has 1 saturated heterocycles. The van der Waals surface area contributed by atoms with Gasteiger partial charge >= 0.3 is 0 Å². The van der Waals surface area contributed by atoms with Gasteiger partial charge < -0.3 is 14.8 Å². The Labute approximate surface area is 130 Å². The van der Waals surface area contributed by atoms with Crippen LogP contribution in [0.5, 0.6) is 5.75 Å². The second-order valence-corrected chi connectivity index (χ2v) is 5.62. The van der Waals surface area contributed by atoms with Gasteiger partial charge in [-0.1, -0.05) is 36.4 Å². The van der Waals surface area contributed by atoms with Gasteiger partial charge in [0.25, 0.3) is 5.91 Å². The van der Waals surface area contributed by atoms with Crippen molar-refractivity contribution >= 4 is 16.7 Å². The van der Waals surface area contributed by atoms with Crippen LogP contribution < -0.4 is 10.1 Å². The number of amides is 1. The lowest BCUT2D eigenvalue weighted by molar-refractivity contribution is -0.127. The van der Waals surface area contributed by atoms with Crippen LogP contribution in [0.2, 0.25) is 0 Å². The second-order valence-electron chi connectivity index (χ2n) is 5.62. The quantitative estimate of drug-likeness (QED) is 0.923. The van der Waals surface area contributed by atoms with Crippen molar-refractivity contribution in [1.82, 2.24) is 5.32 Å². The predicted octanol–water partition coefficient (Wildman–Crippen LogP) is 2.90. The zero-order valence-corrected chi connectivity index (χ0v) is 12.7. The van der Waals surface area contributed by atoms with E-state index in [1.165, 1.54) is 0 Å². The number of fused-ring (bicyclic) bond motifs is 1. The van der Waals surface area contributed by atoms with Crippen LogP contribution in [0.3, 0.4) is 0 Å². The summed E-state index contributed by atoms with van der Waals surface area (Å²) in [5, 5.41) is 5.02. The Morgan fingerprint density at radius 1 is 1.32 bits per heavy atom. The Morgan fingerprint density at radius 2 is 2.14 bits per heavy atom. The fourth-order valence-electron chi connectivity index (χ4n) is 2.71. The van der Waals surface area contributed by atoms with Crippen LogP contribution in [0.25, 0.3) is 10.8 Å². The highest BCUT2D eigenvalue weighted by Gasteiger charge is 2.20. The average molecular weight is 299 g/mol. The Hall–Kier alpha value is -2.07. The van der Waals surface area contributed by atoms with Crippen LogP contribution in [0.1, 0.15) is 19.8 Å². The standard InChI is InChI=1S/C18H21NO3/c1-13(18(20)19-12-15-8-5-11-21-15)22-17-10-4-7-14-6-2-3-9-16(14)17/h2-4,6-7,9-10,13,15H,5,8,11-12H2,1H3,(H,19,20)/t13-,15-/m0/s1. The molecule has 22 heavy (non-hydrogen) atoms. The van der Waals surface area contributed by atoms with E-state index in [0.717, 1.165) is 36.0 Å². The summed E-state index contributed by atoms with van der Waals surface area (Å²) in [5.74, 6) is 0.626. The summed E-state index contributed by atoms with van der Waals surface area (Å²) >= 11 is 0. The lowest BCUT2D eigenvalue weighted by Gasteiger charge is -2.17. The zero-order chi connectivity index (χ0) is 15.4. The van der Waals surface area contributed by atoms with Crippen LogP contribution in [0, 0.1) is 0 Å². The van der Waals surface area contributed by atoms with E-state index in [0.29, 0.717) is 6.54 Å². The van der Waals surface area contributed by atoms with Gasteiger partial charge in [-0.15, -0.1) is 0 Å². The van der Waals surface area contributed by atoms with Crippen molar-refractivity contribution in [3.63, 3.8) is 0 Å². The number of rotatable bonds is 5. The van der Waals surface area contributed by atoms with Crippen molar-refractivity contribution in [3.05, 3.63) is 42.5 Å². The highest BCUT2D eigenvalue weighted by Crippen LogP contribution is 2.26. The molecule has 0 bridgehead atoms. The molecule has 0 radical (unpaired) electrons. The molecule has 0 saturated carbocycles. The third-order valence-electron chi connectivity index (χ3n) is 3.95. The van der Waals surface area contributed by atoms with E-state index in [1.807, 2.05) is 42.5 Å². The van der Waals surface area contributed by atoms with Crippen molar-refractivity contribution in [2.45, 2.75) is 32.0 Å². The number of hydrogen-bond donors (Lipinski definition) is 1. The second kappa shape index (κ2) is 6.79. The number of carbonyl (C=O) groups excluding carboxylic acids is 1. The fourth-order valence-corrected chi connectivity index (χ4v) is 2.71. The first kappa shape index (κ1) is 14.9. The molecule has 1 N–H and O–H groups in total. The molecule has 0 spiro atoms. The molecule has 1 aliphatic heterocycles. The molecule has 116 valence electrons. The average Bonchev–Trinajstić information content (AvgIpc) is 3.06. The molecule has 2 aromatic rings. The molecule has 2 atom stereocenters. The summed E-state index contributed by atoms with van der Waals surface area (Å²) in [6.45, 7) is 3.12. The van der Waals surface area contributed by atoms with Crippen molar-refractivity contribution in [3.8, 4) is 5.75 Å². The van der Waals surface area contributed by atoms with Gasteiger partial charge in [0.1, 0.15) is 5.75 Å². The number of nitrogens with one attached hydrogen (secondary N) is 1. The summed E-state index contributed by atoms with van der Waals surface area (Å²) in [6.07, 6.45) is 1.70. The maximum absolute atomic E-state index is 12.1. The topological polar surface area (TPSA) is 47.6 Å². The lowest BCUT2D eigenvalue weighted by Crippen LogP contribution is -2.40. The van der Waals surface area contributed by atoms with Crippen molar-refractivity contribution < 1.29 is 14.3 Å². The molecule has 4 heteroatoms. The number of ether oxygens (including phenoxy) is 2. The highest BCUT2D eigenvalue weighted by molar-refractivity contribution is 5.89. The highest BCUT2D eigenvalue weighted by atomic mass is 16.5. The van der Waals surface area contributed by atoms with E-state index in [-0.39, 0.29) is 12.0 Å². The number of benzene rings is 2. The first-order valence-electron chi connectivity index (χ1n) is 7.78. The molecule has 0 unspecified atom stereocenters. The van der Waals surface area contributed by atoms with Crippen molar-refractivity contribution in [2.75, 3.05) is 13.2 Å². The molecule has 0 aliphatic carbocycles. The molecule has 2 aromatic carbocycles. The SMILES string of the molecule is C[C@H](Oc1cccc2ccccc12)C(=O)NC[C@@H]1CCCO1. The minimum absolute atomic E-state index is 0.108. The summed E-state index contributed by atoms with van der Waals surface area (Å²) < 4.78 is 11.4. The molecule has 4 nitrogen and oxygen atoms in total. The van der Waals surface area contributed by atoms with E-state index >= 15 is 0 Å². The minimum atomic E-state index is -0.535. The Morgan fingerprint density at radius 3 is 2.95 bits per heavy atom. The van der Waals surface area contributed by atoms with Crippen LogP contribution in [-0.2, 0) is 9.53 Å². The van der Waals surface area contributed by atoms with Crippen LogP contribution in [0.15, 0.2) is 42.5 Å². The van der Waals surface area contributed by atoms with Gasteiger partial charge in [0.15, 0.2) is 6.10 Å². The Bertz CT molecular complexity index is 644. The van der Waals surface area contributed by atoms with Gasteiger partial charge in [-0.3, -0.25) is 4.79 Å². The maximum atomic E-state index is 12.1.